The minimum atomic E-state index is -4.40. The second-order valence-electron chi connectivity index (χ2n) is 10.2. The number of aryl methyl sites for hydroxylation is 1. The summed E-state index contributed by atoms with van der Waals surface area (Å²) in [6, 6.07) is 14.9. The van der Waals surface area contributed by atoms with Crippen molar-refractivity contribution in [2.24, 2.45) is 13.0 Å². The number of rotatable bonds is 5. The molecule has 1 aliphatic carbocycles. The molecule has 3 aromatic rings. The van der Waals surface area contributed by atoms with E-state index >= 15 is 0 Å². The summed E-state index contributed by atoms with van der Waals surface area (Å²) in [5.41, 5.74) is 2.82. The van der Waals surface area contributed by atoms with Crippen molar-refractivity contribution in [2.45, 2.75) is 48.8 Å². The lowest BCUT2D eigenvalue weighted by molar-refractivity contribution is -0.169. The van der Waals surface area contributed by atoms with E-state index in [1.54, 1.807) is 18.2 Å². The molecule has 5 rings (SSSR count). The monoisotopic (exact) mass is 548 g/mol. The van der Waals surface area contributed by atoms with Gasteiger partial charge in [-0.15, -0.1) is 0 Å². The Morgan fingerprint density at radius 1 is 1.03 bits per heavy atom. The van der Waals surface area contributed by atoms with Crippen LogP contribution in [0.5, 0.6) is 0 Å². The van der Waals surface area contributed by atoms with Crippen molar-refractivity contribution in [3.8, 4) is 11.3 Å². The minimum Gasteiger partial charge on any atom is -0.344 e. The smallest absolute Gasteiger partial charge is 0.344 e. The molecule has 2 heterocycles. The molecule has 2 aliphatic rings. The molecule has 7 nitrogen and oxygen atoms in total. The van der Waals surface area contributed by atoms with Crippen LogP contribution in [-0.4, -0.2) is 61.7 Å². The Morgan fingerprint density at radius 2 is 1.74 bits per heavy atom. The highest BCUT2D eigenvalue weighted by molar-refractivity contribution is 7.89. The summed E-state index contributed by atoms with van der Waals surface area (Å²) in [6.07, 6.45) is -2.63. The van der Waals surface area contributed by atoms with Gasteiger partial charge in [-0.05, 0) is 49.4 Å². The van der Waals surface area contributed by atoms with Crippen molar-refractivity contribution < 1.29 is 26.4 Å². The van der Waals surface area contributed by atoms with Gasteiger partial charge in [0.05, 0.1) is 4.90 Å². The highest BCUT2D eigenvalue weighted by atomic mass is 32.2. The number of hydrogen-bond acceptors (Lipinski definition) is 4. The summed E-state index contributed by atoms with van der Waals surface area (Å²) in [5, 5.41) is 3.36. The fourth-order valence-electron chi connectivity index (χ4n) is 5.54. The van der Waals surface area contributed by atoms with Gasteiger partial charge in [-0.2, -0.15) is 13.2 Å². The second-order valence-corrected chi connectivity index (χ2v) is 11.9. The number of piperazine rings is 1. The summed E-state index contributed by atoms with van der Waals surface area (Å²) in [4.78, 5) is 14.4. The molecular formula is C27H31F3N4O3S. The average Bonchev–Trinajstić information content (AvgIpc) is 3.24. The molecule has 1 saturated heterocycles. The van der Waals surface area contributed by atoms with Crippen LogP contribution in [0.15, 0.2) is 59.5 Å². The lowest BCUT2D eigenvalue weighted by atomic mass is 9.85. The molecule has 1 aromatic heterocycles. The van der Waals surface area contributed by atoms with E-state index in [-0.39, 0.29) is 42.4 Å². The Balaban J connectivity index is 1.23. The number of carbonyl (C=O) groups is 1. The van der Waals surface area contributed by atoms with E-state index in [4.69, 9.17) is 0 Å². The van der Waals surface area contributed by atoms with Crippen molar-refractivity contribution in [1.29, 1.82) is 0 Å². The molecule has 2 N–H and O–H groups in total. The van der Waals surface area contributed by atoms with Crippen LogP contribution in [0.25, 0.3) is 22.2 Å². The third-order valence-electron chi connectivity index (χ3n) is 7.68. The first-order chi connectivity index (χ1) is 18.0. The summed E-state index contributed by atoms with van der Waals surface area (Å²) in [5.74, 6) is -0.663. The lowest BCUT2D eigenvalue weighted by Crippen LogP contribution is -2.59. The molecule has 204 valence electrons. The number of hydrogen-bond donors (Lipinski definition) is 2. The molecule has 0 bridgehead atoms. The highest BCUT2D eigenvalue weighted by Crippen LogP contribution is 2.31. The molecule has 2 aromatic carbocycles. The van der Waals surface area contributed by atoms with Crippen LogP contribution in [-0.2, 0) is 21.9 Å². The maximum atomic E-state index is 13.2. The first-order valence-corrected chi connectivity index (χ1v) is 14.3. The number of fused-ring (bicyclic) bond motifs is 1. The van der Waals surface area contributed by atoms with E-state index in [1.165, 1.54) is 4.90 Å². The zero-order chi connectivity index (χ0) is 27.1. The number of sulfonamides is 1. The zero-order valence-electron chi connectivity index (χ0n) is 21.0. The predicted octanol–water partition coefficient (Wildman–Crippen LogP) is 4.05. The summed E-state index contributed by atoms with van der Waals surface area (Å²) in [7, 11) is -1.89. The van der Waals surface area contributed by atoms with E-state index in [0.717, 1.165) is 22.2 Å². The quantitative estimate of drug-likeness (QED) is 0.504. The molecule has 2 fully saturated rings. The summed E-state index contributed by atoms with van der Waals surface area (Å²) < 4.78 is 70.5. The van der Waals surface area contributed by atoms with Gasteiger partial charge >= 0.3 is 6.18 Å². The summed E-state index contributed by atoms with van der Waals surface area (Å²) in [6.45, 7) is -0.0442. The van der Waals surface area contributed by atoms with E-state index < -0.39 is 22.2 Å². The van der Waals surface area contributed by atoms with Crippen LogP contribution >= 0.6 is 0 Å². The van der Waals surface area contributed by atoms with Gasteiger partial charge in [0, 0.05) is 55.2 Å². The molecule has 1 atom stereocenters. The third kappa shape index (κ3) is 5.45. The van der Waals surface area contributed by atoms with Crippen molar-refractivity contribution in [3.63, 3.8) is 0 Å². The lowest BCUT2D eigenvalue weighted by Gasteiger charge is -2.38. The van der Waals surface area contributed by atoms with Crippen LogP contribution in [0.1, 0.15) is 25.7 Å². The molecule has 1 amide bonds. The van der Waals surface area contributed by atoms with Crippen LogP contribution in [0.4, 0.5) is 13.2 Å². The Morgan fingerprint density at radius 3 is 2.42 bits per heavy atom. The number of halogens is 3. The van der Waals surface area contributed by atoms with Gasteiger partial charge in [-0.3, -0.25) is 4.79 Å². The zero-order valence-corrected chi connectivity index (χ0v) is 21.9. The van der Waals surface area contributed by atoms with Crippen LogP contribution in [0.2, 0.25) is 0 Å². The Labute approximate surface area is 220 Å². The van der Waals surface area contributed by atoms with Crippen LogP contribution in [0.3, 0.4) is 0 Å². The number of benzene rings is 2. The first-order valence-electron chi connectivity index (χ1n) is 12.8. The maximum absolute atomic E-state index is 13.2. The molecular weight excluding hydrogens is 517 g/mol. The van der Waals surface area contributed by atoms with Gasteiger partial charge < -0.3 is 14.8 Å². The van der Waals surface area contributed by atoms with Crippen LogP contribution in [0, 0.1) is 5.92 Å². The Kier molecular flexibility index (Phi) is 7.27. The molecule has 11 heteroatoms. The molecule has 1 aliphatic heterocycles. The Hall–Kier alpha value is -2.89. The van der Waals surface area contributed by atoms with Crippen LogP contribution < -0.4 is 10.0 Å². The number of nitrogens with zero attached hydrogens (tertiary/aromatic N) is 2. The number of carbonyl (C=O) groups excluding carboxylic acids is 1. The fraction of sp³-hybridized carbons (Fsp3) is 0.444. The molecule has 38 heavy (non-hydrogen) atoms. The normalized spacial score (nSPS) is 23.1. The SMILES string of the molecule is Cn1c(-c2ccccc2)cc2ccc(S(=O)(=O)N[C@H]3CC[C@H](C(=O)N4CCN[C@@H](C(F)(F)F)C4)CC3)cc21. The Bertz CT molecular complexity index is 1410. The third-order valence-corrected chi connectivity index (χ3v) is 9.20. The topological polar surface area (TPSA) is 83.4 Å². The van der Waals surface area contributed by atoms with Crippen molar-refractivity contribution in [3.05, 3.63) is 54.6 Å². The molecule has 0 radical (unpaired) electrons. The van der Waals surface area contributed by atoms with E-state index in [2.05, 4.69) is 10.0 Å². The number of nitrogens with one attached hydrogen (secondary N) is 2. The van der Waals surface area contributed by atoms with Crippen molar-refractivity contribution >= 4 is 26.8 Å². The fourth-order valence-corrected chi connectivity index (χ4v) is 6.86. The van der Waals surface area contributed by atoms with Gasteiger partial charge in [0.15, 0.2) is 0 Å². The molecule has 0 spiro atoms. The highest BCUT2D eigenvalue weighted by Gasteiger charge is 2.43. The van der Waals surface area contributed by atoms with Gasteiger partial charge in [0.25, 0.3) is 0 Å². The second kappa shape index (κ2) is 10.3. The molecule has 0 unspecified atom stereocenters. The minimum absolute atomic E-state index is 0.101. The number of aromatic nitrogens is 1. The van der Waals surface area contributed by atoms with E-state index in [1.807, 2.05) is 48.0 Å². The average molecular weight is 549 g/mol. The van der Waals surface area contributed by atoms with E-state index in [9.17, 15) is 26.4 Å². The summed E-state index contributed by atoms with van der Waals surface area (Å²) >= 11 is 0. The van der Waals surface area contributed by atoms with E-state index in [0.29, 0.717) is 25.7 Å². The standard InChI is InChI=1S/C27H31F3N4O3S/c1-33-23(18-5-3-2-4-6-18)15-20-9-12-22(16-24(20)33)38(36,37)32-21-10-7-19(8-11-21)26(35)34-14-13-31-25(17-34)27(28,29)30/h2-6,9,12,15-16,19,21,25,31-32H,7-8,10-11,13-14,17H2,1H3/t19-,21-,25-/m1/s1. The number of alkyl halides is 3. The maximum Gasteiger partial charge on any atom is 0.405 e. The van der Waals surface area contributed by atoms with Gasteiger partial charge in [0.2, 0.25) is 15.9 Å². The van der Waals surface area contributed by atoms with Gasteiger partial charge in [-0.1, -0.05) is 36.4 Å². The first kappa shape index (κ1) is 26.7. The van der Waals surface area contributed by atoms with Gasteiger partial charge in [-0.25, -0.2) is 13.1 Å². The van der Waals surface area contributed by atoms with Crippen molar-refractivity contribution in [2.75, 3.05) is 19.6 Å². The van der Waals surface area contributed by atoms with Crippen molar-refractivity contribution in [1.82, 2.24) is 19.5 Å². The predicted molar refractivity (Wildman–Crippen MR) is 139 cm³/mol. The largest absolute Gasteiger partial charge is 0.405 e. The van der Waals surface area contributed by atoms with Gasteiger partial charge in [0.1, 0.15) is 6.04 Å². The number of amides is 1. The molecule has 1 saturated carbocycles.